The number of hydrogen-bond acceptors (Lipinski definition) is 5. The fourth-order valence-electron chi connectivity index (χ4n) is 1.44. The smallest absolute Gasteiger partial charge is 0.272 e. The lowest BCUT2D eigenvalue weighted by molar-refractivity contribution is 0.0932. The van der Waals surface area contributed by atoms with E-state index < -0.39 is 0 Å². The van der Waals surface area contributed by atoms with Gasteiger partial charge in [-0.15, -0.1) is 10.2 Å². The Morgan fingerprint density at radius 3 is 2.78 bits per heavy atom. The summed E-state index contributed by atoms with van der Waals surface area (Å²) in [6.45, 7) is 1.84. The molecule has 2 aromatic rings. The number of hydrogen-bond donors (Lipinski definition) is 3. The van der Waals surface area contributed by atoms with Gasteiger partial charge in [-0.2, -0.15) is 0 Å². The van der Waals surface area contributed by atoms with Crippen LogP contribution in [0.5, 0.6) is 0 Å². The summed E-state index contributed by atoms with van der Waals surface area (Å²) < 4.78 is 0. The Bertz CT molecular complexity index is 507. The minimum Gasteiger partial charge on any atom is -0.372 e. The summed E-state index contributed by atoms with van der Waals surface area (Å²) in [6, 6.07) is 3.10. The van der Waals surface area contributed by atoms with Crippen molar-refractivity contribution in [1.29, 1.82) is 0 Å². The van der Waals surface area contributed by atoms with Crippen LogP contribution in [-0.4, -0.2) is 33.1 Å². The predicted molar refractivity (Wildman–Crippen MR) is 66.0 cm³/mol. The van der Waals surface area contributed by atoms with Crippen LogP contribution in [0.1, 0.15) is 29.3 Å². The highest BCUT2D eigenvalue weighted by Crippen LogP contribution is 2.07. The average Bonchev–Trinajstić information content (AvgIpc) is 2.92. The quantitative estimate of drug-likeness (QED) is 0.739. The van der Waals surface area contributed by atoms with Crippen LogP contribution in [0.15, 0.2) is 24.5 Å². The standard InChI is InChI=1S/C11H14N6O/c1-7(10-13-5-6-14-10)15-11(18)8-3-4-9(12-2)17-16-8/h3-7H,1-2H3,(H,12,17)(H,13,14)(H,15,18). The molecule has 18 heavy (non-hydrogen) atoms. The highest BCUT2D eigenvalue weighted by molar-refractivity contribution is 5.92. The lowest BCUT2D eigenvalue weighted by Gasteiger charge is -2.10. The molecule has 0 aliphatic carbocycles. The summed E-state index contributed by atoms with van der Waals surface area (Å²) in [5.74, 6) is 1.03. The molecule has 0 saturated carbocycles. The number of anilines is 1. The van der Waals surface area contributed by atoms with Crippen LogP contribution in [0, 0.1) is 0 Å². The van der Waals surface area contributed by atoms with E-state index in [0.29, 0.717) is 11.6 Å². The maximum Gasteiger partial charge on any atom is 0.272 e. The van der Waals surface area contributed by atoms with Crippen LogP contribution in [0.25, 0.3) is 0 Å². The molecule has 0 bridgehead atoms. The van der Waals surface area contributed by atoms with Gasteiger partial charge in [0.25, 0.3) is 5.91 Å². The lowest BCUT2D eigenvalue weighted by atomic mass is 10.3. The molecule has 94 valence electrons. The zero-order valence-electron chi connectivity index (χ0n) is 10.1. The van der Waals surface area contributed by atoms with Gasteiger partial charge in [0.05, 0.1) is 6.04 Å². The Kier molecular flexibility index (Phi) is 3.52. The van der Waals surface area contributed by atoms with E-state index in [9.17, 15) is 4.79 Å². The molecule has 0 aromatic carbocycles. The first-order valence-electron chi connectivity index (χ1n) is 5.52. The van der Waals surface area contributed by atoms with E-state index in [1.807, 2.05) is 6.92 Å². The summed E-state index contributed by atoms with van der Waals surface area (Å²) >= 11 is 0. The van der Waals surface area contributed by atoms with E-state index in [4.69, 9.17) is 0 Å². The van der Waals surface area contributed by atoms with Gasteiger partial charge >= 0.3 is 0 Å². The van der Waals surface area contributed by atoms with Gasteiger partial charge in [-0.25, -0.2) is 4.98 Å². The van der Waals surface area contributed by atoms with Gasteiger partial charge in [-0.05, 0) is 19.1 Å². The van der Waals surface area contributed by atoms with Crippen molar-refractivity contribution in [2.24, 2.45) is 0 Å². The van der Waals surface area contributed by atoms with Crippen LogP contribution in [0.2, 0.25) is 0 Å². The minimum absolute atomic E-state index is 0.210. The number of rotatable bonds is 4. The molecule has 0 fully saturated rings. The van der Waals surface area contributed by atoms with Crippen LogP contribution in [0.3, 0.4) is 0 Å². The third-order valence-electron chi connectivity index (χ3n) is 2.43. The van der Waals surface area contributed by atoms with Crippen LogP contribution in [-0.2, 0) is 0 Å². The van der Waals surface area contributed by atoms with Gasteiger partial charge in [0, 0.05) is 19.4 Å². The van der Waals surface area contributed by atoms with Gasteiger partial charge in [0.1, 0.15) is 11.6 Å². The topological polar surface area (TPSA) is 95.6 Å². The normalized spacial score (nSPS) is 11.9. The summed E-state index contributed by atoms with van der Waals surface area (Å²) in [6.07, 6.45) is 3.35. The number of carbonyl (C=O) groups excluding carboxylic acids is 1. The van der Waals surface area contributed by atoms with Crippen molar-refractivity contribution in [2.45, 2.75) is 13.0 Å². The van der Waals surface area contributed by atoms with Gasteiger partial charge in [-0.3, -0.25) is 4.79 Å². The summed E-state index contributed by atoms with van der Waals surface area (Å²) in [4.78, 5) is 18.9. The predicted octanol–water partition coefficient (Wildman–Crippen LogP) is 0.732. The SMILES string of the molecule is CNc1ccc(C(=O)NC(C)c2ncc[nH]2)nn1. The first-order valence-corrected chi connectivity index (χ1v) is 5.52. The highest BCUT2D eigenvalue weighted by atomic mass is 16.2. The van der Waals surface area contributed by atoms with E-state index in [0.717, 1.165) is 0 Å². The third kappa shape index (κ3) is 2.62. The van der Waals surface area contributed by atoms with Gasteiger partial charge < -0.3 is 15.6 Å². The number of amides is 1. The van der Waals surface area contributed by atoms with Crippen molar-refractivity contribution in [3.8, 4) is 0 Å². The monoisotopic (exact) mass is 246 g/mol. The fourth-order valence-corrected chi connectivity index (χ4v) is 1.44. The maximum absolute atomic E-state index is 11.9. The molecule has 2 rings (SSSR count). The van der Waals surface area contributed by atoms with Gasteiger partial charge in [0.15, 0.2) is 5.69 Å². The fraction of sp³-hybridized carbons (Fsp3) is 0.273. The number of H-pyrrole nitrogens is 1. The van der Waals surface area contributed by atoms with Crippen molar-refractivity contribution in [1.82, 2.24) is 25.5 Å². The summed E-state index contributed by atoms with van der Waals surface area (Å²) in [5.41, 5.74) is 0.271. The van der Waals surface area contributed by atoms with Crippen LogP contribution >= 0.6 is 0 Å². The molecule has 2 heterocycles. The molecule has 0 aliphatic heterocycles. The number of nitrogens with zero attached hydrogens (tertiary/aromatic N) is 3. The van der Waals surface area contributed by atoms with E-state index in [1.165, 1.54) is 0 Å². The Labute approximate surface area is 104 Å². The minimum atomic E-state index is -0.283. The molecule has 3 N–H and O–H groups in total. The number of carbonyl (C=O) groups is 1. The molecule has 7 nitrogen and oxygen atoms in total. The van der Waals surface area contributed by atoms with Crippen molar-refractivity contribution in [3.05, 3.63) is 36.0 Å². The molecule has 1 unspecified atom stereocenters. The zero-order chi connectivity index (χ0) is 13.0. The molecule has 0 radical (unpaired) electrons. The summed E-state index contributed by atoms with van der Waals surface area (Å²) in [5, 5.41) is 13.3. The van der Waals surface area contributed by atoms with Crippen LogP contribution in [0.4, 0.5) is 5.82 Å². The number of imidazole rings is 1. The molecule has 1 amide bonds. The lowest BCUT2D eigenvalue weighted by Crippen LogP contribution is -2.28. The van der Waals surface area contributed by atoms with Crippen molar-refractivity contribution >= 4 is 11.7 Å². The molecule has 7 heteroatoms. The second-order valence-corrected chi connectivity index (χ2v) is 3.72. The average molecular weight is 246 g/mol. The molecule has 0 spiro atoms. The van der Waals surface area contributed by atoms with E-state index in [1.54, 1.807) is 31.6 Å². The first kappa shape index (κ1) is 12.0. The molecule has 1 atom stereocenters. The molecule has 2 aromatic heterocycles. The Hall–Kier alpha value is -2.44. The highest BCUT2D eigenvalue weighted by Gasteiger charge is 2.14. The maximum atomic E-state index is 11.9. The molecular weight excluding hydrogens is 232 g/mol. The number of aromatic nitrogens is 4. The summed E-state index contributed by atoms with van der Waals surface area (Å²) in [7, 11) is 1.74. The second kappa shape index (κ2) is 5.26. The molecule has 0 aliphatic rings. The molecular formula is C11H14N6O. The Morgan fingerprint density at radius 2 is 2.22 bits per heavy atom. The third-order valence-corrected chi connectivity index (χ3v) is 2.43. The largest absolute Gasteiger partial charge is 0.372 e. The van der Waals surface area contributed by atoms with Crippen molar-refractivity contribution < 1.29 is 4.79 Å². The molecule has 0 saturated heterocycles. The Morgan fingerprint density at radius 1 is 1.39 bits per heavy atom. The van der Waals surface area contributed by atoms with E-state index in [2.05, 4.69) is 30.8 Å². The van der Waals surface area contributed by atoms with Gasteiger partial charge in [-0.1, -0.05) is 0 Å². The number of aromatic amines is 1. The second-order valence-electron chi connectivity index (χ2n) is 3.72. The number of nitrogens with one attached hydrogen (secondary N) is 3. The van der Waals surface area contributed by atoms with Crippen LogP contribution < -0.4 is 10.6 Å². The zero-order valence-corrected chi connectivity index (χ0v) is 10.1. The van der Waals surface area contributed by atoms with E-state index in [-0.39, 0.29) is 17.6 Å². The van der Waals surface area contributed by atoms with Gasteiger partial charge in [0.2, 0.25) is 0 Å². The Balaban J connectivity index is 2.03. The van der Waals surface area contributed by atoms with E-state index >= 15 is 0 Å². The van der Waals surface area contributed by atoms with Crippen molar-refractivity contribution in [3.63, 3.8) is 0 Å². The van der Waals surface area contributed by atoms with Crippen molar-refractivity contribution in [2.75, 3.05) is 12.4 Å². The first-order chi connectivity index (χ1) is 8.70.